The monoisotopic (exact) mass is 440 g/mol. The first kappa shape index (κ1) is 21.4. The Kier molecular flexibility index (Phi) is 6.09. The van der Waals surface area contributed by atoms with Crippen molar-refractivity contribution >= 4 is 40.9 Å². The lowest BCUT2D eigenvalue weighted by Crippen LogP contribution is -2.28. The summed E-state index contributed by atoms with van der Waals surface area (Å²) in [5.41, 5.74) is 7.28. The average Bonchev–Trinajstić information content (AvgIpc) is 3.23. The molecule has 10 heteroatoms. The SMILES string of the molecule is COc1cc(OC)cc([C@H]2C[C@@H](n3ccc4c(N)nc(Cl)nc43)[C@H](O)[C@@H]2O)c1.Cl. The molecule has 1 aromatic carbocycles. The third-order valence-electron chi connectivity index (χ3n) is 5.39. The number of methoxy groups -OCH3 is 2. The van der Waals surface area contributed by atoms with Crippen LogP contribution in [0.2, 0.25) is 5.28 Å². The van der Waals surface area contributed by atoms with Crippen molar-refractivity contribution < 1.29 is 19.7 Å². The molecule has 29 heavy (non-hydrogen) atoms. The van der Waals surface area contributed by atoms with Crippen LogP contribution in [0.4, 0.5) is 5.82 Å². The number of hydrogen-bond acceptors (Lipinski definition) is 7. The number of nitrogen functional groups attached to an aromatic ring is 1. The van der Waals surface area contributed by atoms with Crippen LogP contribution in [-0.2, 0) is 0 Å². The van der Waals surface area contributed by atoms with E-state index in [9.17, 15) is 10.2 Å². The lowest BCUT2D eigenvalue weighted by molar-refractivity contribution is 0.0178. The number of anilines is 1. The molecule has 2 heterocycles. The highest BCUT2D eigenvalue weighted by molar-refractivity contribution is 6.28. The van der Waals surface area contributed by atoms with Crippen LogP contribution in [-0.4, -0.2) is 51.2 Å². The molecule has 1 saturated carbocycles. The van der Waals surface area contributed by atoms with E-state index in [0.717, 1.165) is 5.56 Å². The number of fused-ring (bicyclic) bond motifs is 1. The molecule has 0 unspecified atom stereocenters. The Bertz CT molecular complexity index is 1010. The highest BCUT2D eigenvalue weighted by Crippen LogP contribution is 2.44. The van der Waals surface area contributed by atoms with Crippen LogP contribution >= 0.6 is 24.0 Å². The first-order valence-electron chi connectivity index (χ1n) is 8.81. The minimum Gasteiger partial charge on any atom is -0.497 e. The topological polar surface area (TPSA) is 116 Å². The number of nitrogens with two attached hydrogens (primary N) is 1. The van der Waals surface area contributed by atoms with Gasteiger partial charge in [0.1, 0.15) is 29.1 Å². The van der Waals surface area contributed by atoms with Crippen molar-refractivity contribution in [3.8, 4) is 11.5 Å². The molecule has 0 saturated heterocycles. The van der Waals surface area contributed by atoms with E-state index in [1.165, 1.54) is 0 Å². The molecular weight excluding hydrogens is 419 g/mol. The maximum atomic E-state index is 10.8. The van der Waals surface area contributed by atoms with E-state index in [1.807, 2.05) is 12.1 Å². The fraction of sp³-hybridized carbons (Fsp3) is 0.368. The van der Waals surface area contributed by atoms with Crippen molar-refractivity contribution in [3.05, 3.63) is 41.3 Å². The Morgan fingerprint density at radius 3 is 2.38 bits per heavy atom. The summed E-state index contributed by atoms with van der Waals surface area (Å²) in [5.74, 6) is 1.21. The Morgan fingerprint density at radius 2 is 1.76 bits per heavy atom. The predicted octanol–water partition coefficient (Wildman–Crippen LogP) is 2.56. The summed E-state index contributed by atoms with van der Waals surface area (Å²) in [6, 6.07) is 6.83. The number of aromatic nitrogens is 3. The number of hydrogen-bond donors (Lipinski definition) is 3. The van der Waals surface area contributed by atoms with Gasteiger partial charge in [-0.05, 0) is 41.8 Å². The first-order chi connectivity index (χ1) is 13.4. The minimum atomic E-state index is -0.993. The van der Waals surface area contributed by atoms with Gasteiger partial charge in [0, 0.05) is 18.2 Å². The van der Waals surface area contributed by atoms with Crippen molar-refractivity contribution in [2.45, 2.75) is 30.6 Å². The van der Waals surface area contributed by atoms with Crippen molar-refractivity contribution in [3.63, 3.8) is 0 Å². The molecule has 0 bridgehead atoms. The van der Waals surface area contributed by atoms with E-state index < -0.39 is 18.2 Å². The van der Waals surface area contributed by atoms with Gasteiger partial charge in [0.05, 0.1) is 31.8 Å². The zero-order chi connectivity index (χ0) is 20.0. The molecule has 1 fully saturated rings. The van der Waals surface area contributed by atoms with Crippen LogP contribution in [0.25, 0.3) is 11.0 Å². The summed E-state index contributed by atoms with van der Waals surface area (Å²) in [5, 5.41) is 22.2. The van der Waals surface area contributed by atoms with E-state index in [0.29, 0.717) is 29.0 Å². The Morgan fingerprint density at radius 1 is 1.10 bits per heavy atom. The highest BCUT2D eigenvalue weighted by atomic mass is 35.5. The van der Waals surface area contributed by atoms with Crippen molar-refractivity contribution in [1.29, 1.82) is 0 Å². The zero-order valence-corrected chi connectivity index (χ0v) is 17.4. The van der Waals surface area contributed by atoms with Gasteiger partial charge in [-0.25, -0.2) is 4.98 Å². The van der Waals surface area contributed by atoms with Gasteiger partial charge in [-0.1, -0.05) is 0 Å². The zero-order valence-electron chi connectivity index (χ0n) is 15.8. The summed E-state index contributed by atoms with van der Waals surface area (Å²) in [4.78, 5) is 8.21. The molecule has 0 aliphatic heterocycles. The quantitative estimate of drug-likeness (QED) is 0.533. The van der Waals surface area contributed by atoms with E-state index >= 15 is 0 Å². The Labute approximate surface area is 178 Å². The fourth-order valence-corrected chi connectivity index (χ4v) is 4.13. The van der Waals surface area contributed by atoms with Crippen LogP contribution in [0.3, 0.4) is 0 Å². The molecule has 0 spiro atoms. The molecule has 156 valence electrons. The summed E-state index contributed by atoms with van der Waals surface area (Å²) in [7, 11) is 3.14. The van der Waals surface area contributed by atoms with Gasteiger partial charge in [-0.3, -0.25) is 0 Å². The third kappa shape index (κ3) is 3.69. The maximum Gasteiger partial charge on any atom is 0.226 e. The summed E-state index contributed by atoms with van der Waals surface area (Å²) in [6.45, 7) is 0. The average molecular weight is 441 g/mol. The van der Waals surface area contributed by atoms with E-state index in [1.54, 1.807) is 37.1 Å². The second-order valence-corrected chi connectivity index (χ2v) is 7.21. The number of aliphatic hydroxyl groups is 2. The highest BCUT2D eigenvalue weighted by Gasteiger charge is 2.43. The molecule has 3 aromatic rings. The van der Waals surface area contributed by atoms with E-state index in [4.69, 9.17) is 26.8 Å². The van der Waals surface area contributed by atoms with Crippen molar-refractivity contribution in [1.82, 2.24) is 14.5 Å². The lowest BCUT2D eigenvalue weighted by atomic mass is 9.95. The normalized spacial score (nSPS) is 23.8. The van der Waals surface area contributed by atoms with Crippen LogP contribution in [0.5, 0.6) is 11.5 Å². The van der Waals surface area contributed by atoms with Crippen molar-refractivity contribution in [2.75, 3.05) is 20.0 Å². The van der Waals surface area contributed by atoms with Gasteiger partial charge in [0.2, 0.25) is 5.28 Å². The number of aliphatic hydroxyl groups excluding tert-OH is 2. The van der Waals surface area contributed by atoms with Gasteiger partial charge >= 0.3 is 0 Å². The second kappa shape index (κ2) is 8.23. The van der Waals surface area contributed by atoms with Gasteiger partial charge in [0.25, 0.3) is 0 Å². The van der Waals surface area contributed by atoms with Crippen molar-refractivity contribution in [2.24, 2.45) is 0 Å². The largest absolute Gasteiger partial charge is 0.497 e. The molecule has 8 nitrogen and oxygen atoms in total. The molecular formula is C19H22Cl2N4O4. The van der Waals surface area contributed by atoms with Gasteiger partial charge in [-0.15, -0.1) is 12.4 Å². The van der Waals surface area contributed by atoms with Crippen LogP contribution in [0.1, 0.15) is 23.9 Å². The number of benzene rings is 1. The van der Waals surface area contributed by atoms with E-state index in [2.05, 4.69) is 9.97 Å². The molecule has 1 aliphatic carbocycles. The number of nitrogens with zero attached hydrogens (tertiary/aromatic N) is 3. The molecule has 4 atom stereocenters. The smallest absolute Gasteiger partial charge is 0.226 e. The Hall–Kier alpha value is -2.26. The van der Waals surface area contributed by atoms with Crippen LogP contribution in [0.15, 0.2) is 30.5 Å². The number of rotatable bonds is 4. The summed E-state index contributed by atoms with van der Waals surface area (Å²) < 4.78 is 12.5. The summed E-state index contributed by atoms with van der Waals surface area (Å²) in [6.07, 6.45) is 0.312. The van der Waals surface area contributed by atoms with Crippen LogP contribution < -0.4 is 15.2 Å². The second-order valence-electron chi connectivity index (χ2n) is 6.87. The maximum absolute atomic E-state index is 10.8. The van der Waals surface area contributed by atoms with E-state index in [-0.39, 0.29) is 29.4 Å². The molecule has 1 aliphatic rings. The number of halogens is 2. The van der Waals surface area contributed by atoms with Gasteiger partial charge < -0.3 is 30.0 Å². The molecule has 0 amide bonds. The predicted molar refractivity (Wildman–Crippen MR) is 112 cm³/mol. The molecule has 4 N–H and O–H groups in total. The summed E-state index contributed by atoms with van der Waals surface area (Å²) >= 11 is 5.96. The molecule has 2 aromatic heterocycles. The van der Waals surface area contributed by atoms with Gasteiger partial charge in [-0.2, -0.15) is 4.98 Å². The Balaban J connectivity index is 0.00000240. The lowest BCUT2D eigenvalue weighted by Gasteiger charge is -2.19. The fourth-order valence-electron chi connectivity index (χ4n) is 3.96. The van der Waals surface area contributed by atoms with Crippen LogP contribution in [0, 0.1) is 0 Å². The third-order valence-corrected chi connectivity index (χ3v) is 5.55. The standard InChI is InChI=1S/C19H21ClN4O4.ClH/c1-27-10-5-9(6-11(7-10)28-2)13-8-14(16(26)15(13)25)24-4-3-12-17(21)22-19(20)23-18(12)24;/h3-7,13-16,25-26H,8H2,1-2H3,(H2,21,22,23);1H/t13-,14-,15-,16+;/m1./s1. The van der Waals surface area contributed by atoms with Gasteiger partial charge in [0.15, 0.2) is 0 Å². The molecule has 0 radical (unpaired) electrons. The number of ether oxygens (including phenoxy) is 2. The molecule has 4 rings (SSSR count). The first-order valence-corrected chi connectivity index (χ1v) is 9.19. The minimum absolute atomic E-state index is 0.